The van der Waals surface area contributed by atoms with Crippen LogP contribution in [0.3, 0.4) is 0 Å². The minimum atomic E-state index is 0.646. The van der Waals surface area contributed by atoms with E-state index in [0.717, 1.165) is 57.3 Å². The Labute approximate surface area is 120 Å². The molecule has 0 bridgehead atoms. The normalized spacial score (nSPS) is 19.0. The molecule has 0 aromatic heterocycles. The lowest BCUT2D eigenvalue weighted by Crippen LogP contribution is -2.45. The first-order chi connectivity index (χ1) is 9.92. The molecule has 20 heavy (non-hydrogen) atoms. The van der Waals surface area contributed by atoms with E-state index in [1.54, 1.807) is 0 Å². The number of benzene rings is 1. The molecular formula is C15H23N3O2. The summed E-state index contributed by atoms with van der Waals surface area (Å²) in [6, 6.07) is 6.18. The van der Waals surface area contributed by atoms with Crippen LogP contribution in [0.5, 0.6) is 11.5 Å². The second-order valence-corrected chi connectivity index (χ2v) is 5.25. The molecule has 1 aromatic carbocycles. The standard InChI is InChI=1S/C15H23N3O2/c1-2-14-15(20-10-9-19-14)11-13(1)12-17-5-8-18-6-3-16-4-7-18/h1-2,11,16-17H,3-10,12H2. The fourth-order valence-electron chi connectivity index (χ4n) is 2.60. The molecule has 2 aliphatic heterocycles. The first kappa shape index (κ1) is 13.7. The van der Waals surface area contributed by atoms with Crippen molar-refractivity contribution in [1.29, 1.82) is 0 Å². The second-order valence-electron chi connectivity index (χ2n) is 5.25. The van der Waals surface area contributed by atoms with E-state index in [0.29, 0.717) is 13.2 Å². The predicted octanol–water partition coefficient (Wildman–Crippen LogP) is 0.453. The van der Waals surface area contributed by atoms with Gasteiger partial charge in [0.15, 0.2) is 11.5 Å². The molecule has 0 aliphatic carbocycles. The van der Waals surface area contributed by atoms with Crippen LogP contribution >= 0.6 is 0 Å². The summed E-state index contributed by atoms with van der Waals surface area (Å²) in [6.07, 6.45) is 0. The number of fused-ring (bicyclic) bond motifs is 1. The third-order valence-electron chi connectivity index (χ3n) is 3.75. The topological polar surface area (TPSA) is 45.8 Å². The van der Waals surface area contributed by atoms with Crippen LogP contribution < -0.4 is 20.1 Å². The largest absolute Gasteiger partial charge is 0.486 e. The van der Waals surface area contributed by atoms with E-state index in [1.165, 1.54) is 5.56 Å². The van der Waals surface area contributed by atoms with E-state index in [-0.39, 0.29) is 0 Å². The molecule has 0 saturated carbocycles. The molecule has 0 radical (unpaired) electrons. The van der Waals surface area contributed by atoms with Crippen LogP contribution in [0.1, 0.15) is 5.56 Å². The number of rotatable bonds is 5. The van der Waals surface area contributed by atoms with E-state index in [4.69, 9.17) is 9.47 Å². The SMILES string of the molecule is c1cc2c(cc1CNCCN1CCNCC1)OCCO2. The number of hydrogen-bond acceptors (Lipinski definition) is 5. The van der Waals surface area contributed by atoms with Crippen molar-refractivity contribution < 1.29 is 9.47 Å². The smallest absolute Gasteiger partial charge is 0.161 e. The quantitative estimate of drug-likeness (QED) is 0.765. The van der Waals surface area contributed by atoms with E-state index in [2.05, 4.69) is 27.7 Å². The summed E-state index contributed by atoms with van der Waals surface area (Å²) in [7, 11) is 0. The highest BCUT2D eigenvalue weighted by Gasteiger charge is 2.12. The molecule has 0 spiro atoms. The molecule has 110 valence electrons. The van der Waals surface area contributed by atoms with Crippen molar-refractivity contribution in [3.63, 3.8) is 0 Å². The van der Waals surface area contributed by atoms with Crippen molar-refractivity contribution in [2.75, 3.05) is 52.5 Å². The Kier molecular flexibility index (Phi) is 4.73. The van der Waals surface area contributed by atoms with Crippen LogP contribution in [-0.4, -0.2) is 57.4 Å². The molecule has 1 saturated heterocycles. The fourth-order valence-corrected chi connectivity index (χ4v) is 2.60. The van der Waals surface area contributed by atoms with Crippen LogP contribution in [0.15, 0.2) is 18.2 Å². The maximum Gasteiger partial charge on any atom is 0.161 e. The van der Waals surface area contributed by atoms with Crippen molar-refractivity contribution in [1.82, 2.24) is 15.5 Å². The van der Waals surface area contributed by atoms with Crippen LogP contribution in [0.25, 0.3) is 0 Å². The molecule has 2 N–H and O–H groups in total. The number of hydrogen-bond donors (Lipinski definition) is 2. The van der Waals surface area contributed by atoms with Gasteiger partial charge in [0.25, 0.3) is 0 Å². The average molecular weight is 277 g/mol. The summed E-state index contributed by atoms with van der Waals surface area (Å²) in [5.41, 5.74) is 1.24. The van der Waals surface area contributed by atoms with Crippen molar-refractivity contribution in [2.24, 2.45) is 0 Å². The Morgan fingerprint density at radius 3 is 2.75 bits per heavy atom. The summed E-state index contributed by atoms with van der Waals surface area (Å²) in [5, 5.41) is 6.87. The molecule has 1 aromatic rings. The average Bonchev–Trinajstić information content (AvgIpc) is 2.52. The molecule has 5 nitrogen and oxygen atoms in total. The molecule has 0 amide bonds. The van der Waals surface area contributed by atoms with Gasteiger partial charge in [0.1, 0.15) is 13.2 Å². The zero-order valence-electron chi connectivity index (χ0n) is 11.9. The van der Waals surface area contributed by atoms with Gasteiger partial charge >= 0.3 is 0 Å². The van der Waals surface area contributed by atoms with E-state index < -0.39 is 0 Å². The molecule has 1 fully saturated rings. The first-order valence-corrected chi connectivity index (χ1v) is 7.44. The van der Waals surface area contributed by atoms with E-state index in [9.17, 15) is 0 Å². The number of ether oxygens (including phenoxy) is 2. The van der Waals surface area contributed by atoms with Gasteiger partial charge < -0.3 is 20.1 Å². The summed E-state index contributed by atoms with van der Waals surface area (Å²) in [4.78, 5) is 2.49. The van der Waals surface area contributed by atoms with Gasteiger partial charge in [-0.3, -0.25) is 4.90 Å². The van der Waals surface area contributed by atoms with Crippen LogP contribution in [0.2, 0.25) is 0 Å². The lowest BCUT2D eigenvalue weighted by molar-refractivity contribution is 0.171. The molecule has 0 atom stereocenters. The summed E-state index contributed by atoms with van der Waals surface area (Å²) >= 11 is 0. The second kappa shape index (κ2) is 6.92. The maximum atomic E-state index is 5.60. The van der Waals surface area contributed by atoms with Gasteiger partial charge in [-0.1, -0.05) is 6.07 Å². The summed E-state index contributed by atoms with van der Waals surface area (Å²) in [6.45, 7) is 8.85. The molecule has 3 rings (SSSR count). The van der Waals surface area contributed by atoms with Gasteiger partial charge in [-0.05, 0) is 17.7 Å². The van der Waals surface area contributed by atoms with Gasteiger partial charge in [0.05, 0.1) is 0 Å². The molecular weight excluding hydrogens is 254 g/mol. The zero-order chi connectivity index (χ0) is 13.6. The first-order valence-electron chi connectivity index (χ1n) is 7.44. The molecule has 2 aliphatic rings. The number of piperazine rings is 1. The van der Waals surface area contributed by atoms with Crippen LogP contribution in [0.4, 0.5) is 0 Å². The highest BCUT2D eigenvalue weighted by Crippen LogP contribution is 2.30. The summed E-state index contributed by atoms with van der Waals surface area (Å²) < 4.78 is 11.1. The Balaban J connectivity index is 1.41. The van der Waals surface area contributed by atoms with Gasteiger partial charge in [0.2, 0.25) is 0 Å². The number of nitrogens with zero attached hydrogens (tertiary/aromatic N) is 1. The highest BCUT2D eigenvalue weighted by atomic mass is 16.6. The Bertz CT molecular complexity index is 433. The molecule has 0 unspecified atom stereocenters. The minimum absolute atomic E-state index is 0.646. The van der Waals surface area contributed by atoms with Crippen molar-refractivity contribution in [3.05, 3.63) is 23.8 Å². The third kappa shape index (κ3) is 3.62. The number of nitrogens with one attached hydrogen (secondary N) is 2. The molecule has 2 heterocycles. The van der Waals surface area contributed by atoms with Crippen molar-refractivity contribution >= 4 is 0 Å². The van der Waals surface area contributed by atoms with Gasteiger partial charge in [-0.2, -0.15) is 0 Å². The van der Waals surface area contributed by atoms with E-state index >= 15 is 0 Å². The third-order valence-corrected chi connectivity index (χ3v) is 3.75. The van der Waals surface area contributed by atoms with Crippen molar-refractivity contribution in [2.45, 2.75) is 6.54 Å². The predicted molar refractivity (Wildman–Crippen MR) is 78.4 cm³/mol. The zero-order valence-corrected chi connectivity index (χ0v) is 11.9. The monoisotopic (exact) mass is 277 g/mol. The Morgan fingerprint density at radius 2 is 1.90 bits per heavy atom. The summed E-state index contributed by atoms with van der Waals surface area (Å²) in [5.74, 6) is 1.73. The van der Waals surface area contributed by atoms with Gasteiger partial charge in [-0.15, -0.1) is 0 Å². The fraction of sp³-hybridized carbons (Fsp3) is 0.600. The molecule has 5 heteroatoms. The minimum Gasteiger partial charge on any atom is -0.486 e. The Hall–Kier alpha value is -1.30. The van der Waals surface area contributed by atoms with Crippen molar-refractivity contribution in [3.8, 4) is 11.5 Å². The van der Waals surface area contributed by atoms with Crippen LogP contribution in [-0.2, 0) is 6.54 Å². The lowest BCUT2D eigenvalue weighted by atomic mass is 10.2. The van der Waals surface area contributed by atoms with Gasteiger partial charge in [-0.25, -0.2) is 0 Å². The van der Waals surface area contributed by atoms with Gasteiger partial charge in [0, 0.05) is 45.8 Å². The lowest BCUT2D eigenvalue weighted by Gasteiger charge is -2.27. The Morgan fingerprint density at radius 1 is 1.10 bits per heavy atom. The van der Waals surface area contributed by atoms with Crippen LogP contribution in [0, 0.1) is 0 Å². The maximum absolute atomic E-state index is 5.60. The van der Waals surface area contributed by atoms with E-state index in [1.807, 2.05) is 6.07 Å². The highest BCUT2D eigenvalue weighted by molar-refractivity contribution is 5.43.